The number of carbonyl (C=O) groups is 2. The fourth-order valence-corrected chi connectivity index (χ4v) is 2.18. The van der Waals surface area contributed by atoms with Crippen molar-refractivity contribution in [3.8, 4) is 0 Å². The minimum atomic E-state index is -0.575. The lowest BCUT2D eigenvalue weighted by Gasteiger charge is -2.11. The van der Waals surface area contributed by atoms with Crippen molar-refractivity contribution in [3.63, 3.8) is 0 Å². The van der Waals surface area contributed by atoms with Gasteiger partial charge in [-0.1, -0.05) is 25.4 Å². The first-order chi connectivity index (χ1) is 7.02. The summed E-state index contributed by atoms with van der Waals surface area (Å²) in [6.45, 7) is 3.88. The van der Waals surface area contributed by atoms with Gasteiger partial charge in [0.25, 0.3) is 11.7 Å². The van der Waals surface area contributed by atoms with Crippen molar-refractivity contribution in [3.05, 3.63) is 28.3 Å². The molecule has 1 aliphatic heterocycles. The molecule has 0 spiro atoms. The second kappa shape index (κ2) is 3.35. The first-order valence-corrected chi connectivity index (χ1v) is 5.08. The number of hydrogen-bond acceptors (Lipinski definition) is 2. The molecule has 0 radical (unpaired) electrons. The molecule has 0 saturated carbocycles. The Morgan fingerprint density at radius 1 is 1.27 bits per heavy atom. The molecule has 0 fully saturated rings. The highest BCUT2D eigenvalue weighted by molar-refractivity contribution is 6.52. The third-order valence-corrected chi connectivity index (χ3v) is 2.78. The van der Waals surface area contributed by atoms with Gasteiger partial charge >= 0.3 is 0 Å². The van der Waals surface area contributed by atoms with Crippen molar-refractivity contribution in [1.29, 1.82) is 0 Å². The highest BCUT2D eigenvalue weighted by Gasteiger charge is 2.32. The Bertz CT molecular complexity index is 466. The smallest absolute Gasteiger partial charge is 0.296 e. The fourth-order valence-electron chi connectivity index (χ4n) is 1.80. The quantitative estimate of drug-likeness (QED) is 0.744. The van der Waals surface area contributed by atoms with Crippen LogP contribution in [0.5, 0.6) is 0 Å². The molecule has 78 valence electrons. The summed E-state index contributed by atoms with van der Waals surface area (Å²) in [6.07, 6.45) is 0. The Hall–Kier alpha value is -1.35. The van der Waals surface area contributed by atoms with Gasteiger partial charge in [0.05, 0.1) is 11.3 Å². The molecule has 4 heteroatoms. The molecule has 0 aliphatic carbocycles. The molecule has 0 unspecified atom stereocenters. The highest BCUT2D eigenvalue weighted by Crippen LogP contribution is 2.35. The summed E-state index contributed by atoms with van der Waals surface area (Å²) in [5.74, 6) is -0.950. The molecule has 1 amide bonds. The van der Waals surface area contributed by atoms with Crippen LogP contribution in [0.2, 0.25) is 5.02 Å². The molecule has 1 aromatic carbocycles. The number of anilines is 1. The molecule has 2 rings (SSSR count). The molecule has 1 aromatic rings. The molecule has 0 saturated heterocycles. The fraction of sp³-hybridized carbons (Fsp3) is 0.273. The van der Waals surface area contributed by atoms with E-state index in [1.54, 1.807) is 12.1 Å². The van der Waals surface area contributed by atoms with Crippen LogP contribution in [0.1, 0.15) is 35.7 Å². The molecular formula is C11H10ClNO2. The van der Waals surface area contributed by atoms with Gasteiger partial charge in [-0.3, -0.25) is 9.59 Å². The third-order valence-electron chi connectivity index (χ3n) is 2.45. The van der Waals surface area contributed by atoms with Crippen molar-refractivity contribution in [1.82, 2.24) is 0 Å². The first-order valence-electron chi connectivity index (χ1n) is 4.70. The van der Waals surface area contributed by atoms with Gasteiger partial charge < -0.3 is 5.32 Å². The highest BCUT2D eigenvalue weighted by atomic mass is 35.5. The molecule has 0 aromatic heterocycles. The van der Waals surface area contributed by atoms with Gasteiger partial charge in [-0.05, 0) is 23.6 Å². The van der Waals surface area contributed by atoms with Gasteiger partial charge in [0.1, 0.15) is 0 Å². The van der Waals surface area contributed by atoms with Crippen molar-refractivity contribution in [2.45, 2.75) is 19.8 Å². The van der Waals surface area contributed by atoms with Gasteiger partial charge in [0.2, 0.25) is 0 Å². The van der Waals surface area contributed by atoms with E-state index in [1.807, 2.05) is 13.8 Å². The van der Waals surface area contributed by atoms with Crippen LogP contribution in [0, 0.1) is 0 Å². The summed E-state index contributed by atoms with van der Waals surface area (Å²) in [6, 6.07) is 3.36. The van der Waals surface area contributed by atoms with E-state index in [0.717, 1.165) is 5.56 Å². The Kier molecular flexibility index (Phi) is 2.27. The van der Waals surface area contributed by atoms with Crippen LogP contribution in [-0.2, 0) is 4.79 Å². The summed E-state index contributed by atoms with van der Waals surface area (Å²) in [7, 11) is 0. The van der Waals surface area contributed by atoms with E-state index in [0.29, 0.717) is 16.3 Å². The van der Waals surface area contributed by atoms with E-state index >= 15 is 0 Å². The van der Waals surface area contributed by atoms with Crippen LogP contribution in [0.4, 0.5) is 5.69 Å². The van der Waals surface area contributed by atoms with E-state index in [2.05, 4.69) is 5.32 Å². The van der Waals surface area contributed by atoms with E-state index in [-0.39, 0.29) is 5.92 Å². The van der Waals surface area contributed by atoms with Crippen molar-refractivity contribution >= 4 is 29.0 Å². The van der Waals surface area contributed by atoms with Crippen LogP contribution >= 0.6 is 11.6 Å². The molecule has 1 N–H and O–H groups in total. The number of hydrogen-bond donors (Lipinski definition) is 1. The number of halogens is 1. The summed E-state index contributed by atoms with van der Waals surface area (Å²) in [5.41, 5.74) is 1.75. The Morgan fingerprint density at radius 3 is 2.53 bits per heavy atom. The third kappa shape index (κ3) is 1.43. The number of nitrogens with one attached hydrogen (secondary N) is 1. The van der Waals surface area contributed by atoms with Crippen LogP contribution in [0.3, 0.4) is 0 Å². The van der Waals surface area contributed by atoms with E-state index < -0.39 is 11.7 Å². The number of ketones is 1. The second-order valence-corrected chi connectivity index (χ2v) is 4.23. The standard InChI is InChI=1S/C11H10ClNO2/c1-5(2)8-6(12)3-4-7-9(8)10(14)11(15)13-7/h3-5H,1-2H3,(H,13,14,15). The van der Waals surface area contributed by atoms with Crippen molar-refractivity contribution in [2.24, 2.45) is 0 Å². The average molecular weight is 224 g/mol. The molecule has 1 aliphatic rings. The average Bonchev–Trinajstić information content (AvgIpc) is 2.44. The number of carbonyl (C=O) groups excluding carboxylic acids is 2. The van der Waals surface area contributed by atoms with Crippen molar-refractivity contribution < 1.29 is 9.59 Å². The van der Waals surface area contributed by atoms with E-state index in [1.165, 1.54) is 0 Å². The molecule has 3 nitrogen and oxygen atoms in total. The monoisotopic (exact) mass is 223 g/mol. The lowest BCUT2D eigenvalue weighted by atomic mass is 9.95. The van der Waals surface area contributed by atoms with Crippen LogP contribution in [-0.4, -0.2) is 11.7 Å². The van der Waals surface area contributed by atoms with Gasteiger partial charge in [0.15, 0.2) is 0 Å². The first kappa shape index (κ1) is 10.2. The minimum absolute atomic E-state index is 0.115. The van der Waals surface area contributed by atoms with Gasteiger partial charge in [-0.15, -0.1) is 0 Å². The number of rotatable bonds is 1. The number of fused-ring (bicyclic) bond motifs is 1. The minimum Gasteiger partial charge on any atom is -0.318 e. The maximum Gasteiger partial charge on any atom is 0.296 e. The Labute approximate surface area is 92.4 Å². The molecule has 1 heterocycles. The van der Waals surface area contributed by atoms with Crippen LogP contribution in [0.25, 0.3) is 0 Å². The summed E-state index contributed by atoms with van der Waals surface area (Å²) >= 11 is 6.02. The zero-order valence-corrected chi connectivity index (χ0v) is 9.18. The van der Waals surface area contributed by atoms with E-state index in [4.69, 9.17) is 11.6 Å². The predicted octanol–water partition coefficient (Wildman–Crippen LogP) is 2.60. The predicted molar refractivity (Wildman–Crippen MR) is 58.5 cm³/mol. The Balaban J connectivity index is 2.72. The van der Waals surface area contributed by atoms with Crippen LogP contribution < -0.4 is 5.32 Å². The SMILES string of the molecule is CC(C)c1c(Cl)ccc2c1C(=O)C(=O)N2. The maximum atomic E-state index is 11.6. The van der Waals surface area contributed by atoms with Crippen LogP contribution in [0.15, 0.2) is 12.1 Å². The lowest BCUT2D eigenvalue weighted by Crippen LogP contribution is -2.13. The zero-order valence-electron chi connectivity index (χ0n) is 8.43. The number of Topliss-reactive ketones (excluding diaryl/α,β-unsaturated/α-hetero) is 1. The Morgan fingerprint density at radius 2 is 1.93 bits per heavy atom. The summed E-state index contributed by atoms with van der Waals surface area (Å²) in [5, 5.41) is 3.06. The molecular weight excluding hydrogens is 214 g/mol. The number of benzene rings is 1. The molecule has 0 bridgehead atoms. The molecule has 0 atom stereocenters. The van der Waals surface area contributed by atoms with Gasteiger partial charge in [0, 0.05) is 5.02 Å². The van der Waals surface area contributed by atoms with Gasteiger partial charge in [-0.2, -0.15) is 0 Å². The lowest BCUT2D eigenvalue weighted by molar-refractivity contribution is -0.112. The summed E-state index contributed by atoms with van der Waals surface area (Å²) in [4.78, 5) is 22.8. The number of amides is 1. The maximum absolute atomic E-state index is 11.6. The molecule has 15 heavy (non-hydrogen) atoms. The summed E-state index contributed by atoms with van der Waals surface area (Å²) < 4.78 is 0. The topological polar surface area (TPSA) is 46.2 Å². The zero-order chi connectivity index (χ0) is 11.2. The largest absolute Gasteiger partial charge is 0.318 e. The van der Waals surface area contributed by atoms with Crippen molar-refractivity contribution in [2.75, 3.05) is 5.32 Å². The second-order valence-electron chi connectivity index (χ2n) is 3.82. The normalized spacial score (nSPS) is 14.4. The van der Waals surface area contributed by atoms with E-state index in [9.17, 15) is 9.59 Å². The van der Waals surface area contributed by atoms with Gasteiger partial charge in [-0.25, -0.2) is 0 Å².